The molecule has 0 radical (unpaired) electrons. The molecule has 0 spiro atoms. The standard InChI is InChI=1S/C60H36N4/c1-4-10-45-33-48(22-13-37(45)7-1)52-36-56(64-60-51(52)29-25-44-28-32-55(63-59(44)60)50-24-15-39-9-3-6-12-47(39)35-50)41-18-16-40(17-19-41)53-30-26-42-20-21-43-27-31-54(62-58(43)57(42)61-53)49-23-14-38-8-2-5-11-46(38)34-49/h1-36H. The first-order valence-electron chi connectivity index (χ1n) is 21.7. The van der Waals surface area contributed by atoms with Crippen molar-refractivity contribution in [2.45, 2.75) is 0 Å². The van der Waals surface area contributed by atoms with Gasteiger partial charge in [0.05, 0.1) is 44.8 Å². The Morgan fingerprint density at radius 3 is 1.03 bits per heavy atom. The zero-order valence-electron chi connectivity index (χ0n) is 34.6. The minimum Gasteiger partial charge on any atom is -0.245 e. The molecule has 0 saturated carbocycles. The van der Waals surface area contributed by atoms with Crippen molar-refractivity contribution >= 4 is 75.9 Å². The van der Waals surface area contributed by atoms with Gasteiger partial charge in [-0.1, -0.05) is 176 Å². The Balaban J connectivity index is 0.931. The third kappa shape index (κ3) is 6.15. The zero-order valence-corrected chi connectivity index (χ0v) is 34.6. The number of rotatable bonds is 5. The van der Waals surface area contributed by atoms with Crippen LogP contribution in [0.2, 0.25) is 0 Å². The van der Waals surface area contributed by atoms with Crippen molar-refractivity contribution in [3.05, 3.63) is 218 Å². The van der Waals surface area contributed by atoms with Gasteiger partial charge in [0.2, 0.25) is 0 Å². The molecule has 13 rings (SSSR count). The maximum absolute atomic E-state index is 5.45. The zero-order chi connectivity index (χ0) is 42.1. The molecule has 0 aliphatic rings. The summed E-state index contributed by atoms with van der Waals surface area (Å²) in [6.45, 7) is 0. The van der Waals surface area contributed by atoms with Gasteiger partial charge in [-0.15, -0.1) is 0 Å². The minimum atomic E-state index is 0.878. The summed E-state index contributed by atoms with van der Waals surface area (Å²) in [5, 5.41) is 11.5. The van der Waals surface area contributed by atoms with Crippen LogP contribution in [0.25, 0.3) is 132 Å². The lowest BCUT2D eigenvalue weighted by atomic mass is 9.95. The second-order valence-corrected chi connectivity index (χ2v) is 16.7. The van der Waals surface area contributed by atoms with Gasteiger partial charge in [0.25, 0.3) is 0 Å². The molecule has 4 nitrogen and oxygen atoms in total. The van der Waals surface area contributed by atoms with E-state index in [0.29, 0.717) is 0 Å². The molecule has 0 aliphatic carbocycles. The first-order valence-corrected chi connectivity index (χ1v) is 21.7. The third-order valence-corrected chi connectivity index (χ3v) is 12.8. The van der Waals surface area contributed by atoms with E-state index in [2.05, 4.69) is 218 Å². The highest BCUT2D eigenvalue weighted by molar-refractivity contribution is 6.10. The van der Waals surface area contributed by atoms with Crippen LogP contribution in [0.15, 0.2) is 218 Å². The molecule has 0 fully saturated rings. The minimum absolute atomic E-state index is 0.878. The number of aromatic nitrogens is 4. The maximum atomic E-state index is 5.45. The van der Waals surface area contributed by atoms with Gasteiger partial charge in [-0.3, -0.25) is 0 Å². The van der Waals surface area contributed by atoms with Crippen LogP contribution in [0.3, 0.4) is 0 Å². The number of fused-ring (bicyclic) bond motifs is 9. The van der Waals surface area contributed by atoms with Gasteiger partial charge in [-0.25, -0.2) is 19.9 Å². The molecule has 0 N–H and O–H groups in total. The normalized spacial score (nSPS) is 11.8. The fourth-order valence-electron chi connectivity index (χ4n) is 9.37. The lowest BCUT2D eigenvalue weighted by molar-refractivity contribution is 1.36. The van der Waals surface area contributed by atoms with E-state index in [0.717, 1.165) is 99.8 Å². The van der Waals surface area contributed by atoms with E-state index in [4.69, 9.17) is 19.9 Å². The Labute approximate surface area is 368 Å². The predicted octanol–water partition coefficient (Wildman–Crippen LogP) is 15.7. The van der Waals surface area contributed by atoms with Crippen molar-refractivity contribution in [3.63, 3.8) is 0 Å². The van der Waals surface area contributed by atoms with Crippen LogP contribution >= 0.6 is 0 Å². The molecule has 0 aliphatic heterocycles. The van der Waals surface area contributed by atoms with E-state index < -0.39 is 0 Å². The quantitative estimate of drug-likeness (QED) is 0.162. The molecule has 296 valence electrons. The van der Waals surface area contributed by atoms with Crippen LogP contribution in [0, 0.1) is 0 Å². The molecular weight excluding hydrogens is 777 g/mol. The SMILES string of the molecule is c1ccc2cc(-c3ccc4ccc5ccc(-c6ccc(-c7cc(-c8ccc9ccccc9c8)c8ccc9ccc(-c%10ccc%11ccccc%11c%10)nc9c8n7)cc6)nc5c4n3)ccc2c1. The van der Waals surface area contributed by atoms with E-state index in [-0.39, 0.29) is 0 Å². The van der Waals surface area contributed by atoms with Crippen LogP contribution in [0.1, 0.15) is 0 Å². The Morgan fingerprint density at radius 2 is 0.531 bits per heavy atom. The van der Waals surface area contributed by atoms with Gasteiger partial charge < -0.3 is 0 Å². The van der Waals surface area contributed by atoms with E-state index >= 15 is 0 Å². The summed E-state index contributed by atoms with van der Waals surface area (Å²) in [5.41, 5.74) is 13.6. The first kappa shape index (κ1) is 36.1. The fourth-order valence-corrected chi connectivity index (χ4v) is 9.37. The van der Waals surface area contributed by atoms with E-state index in [9.17, 15) is 0 Å². The van der Waals surface area contributed by atoms with Crippen molar-refractivity contribution in [2.24, 2.45) is 0 Å². The summed E-state index contributed by atoms with van der Waals surface area (Å²) >= 11 is 0. The number of hydrogen-bond acceptors (Lipinski definition) is 4. The third-order valence-electron chi connectivity index (χ3n) is 12.8. The Morgan fingerprint density at radius 1 is 0.203 bits per heavy atom. The highest BCUT2D eigenvalue weighted by atomic mass is 14.8. The van der Waals surface area contributed by atoms with Gasteiger partial charge in [0, 0.05) is 43.8 Å². The molecule has 0 unspecified atom stereocenters. The van der Waals surface area contributed by atoms with E-state index in [1.54, 1.807) is 0 Å². The second-order valence-electron chi connectivity index (χ2n) is 16.7. The Kier molecular flexibility index (Phi) is 8.18. The molecule has 0 atom stereocenters. The van der Waals surface area contributed by atoms with Gasteiger partial charge in [0.15, 0.2) is 0 Å². The summed E-state index contributed by atoms with van der Waals surface area (Å²) in [7, 11) is 0. The van der Waals surface area contributed by atoms with Crippen LogP contribution in [-0.2, 0) is 0 Å². The van der Waals surface area contributed by atoms with Crippen LogP contribution < -0.4 is 0 Å². The van der Waals surface area contributed by atoms with Crippen molar-refractivity contribution in [1.82, 2.24) is 19.9 Å². The topological polar surface area (TPSA) is 51.6 Å². The average molecular weight is 813 g/mol. The molecule has 0 amide bonds. The lowest BCUT2D eigenvalue weighted by Crippen LogP contribution is -1.94. The molecular formula is C60H36N4. The smallest absolute Gasteiger partial charge is 0.0978 e. The predicted molar refractivity (Wildman–Crippen MR) is 267 cm³/mol. The molecule has 9 aromatic carbocycles. The lowest BCUT2D eigenvalue weighted by Gasteiger charge is -2.14. The van der Waals surface area contributed by atoms with Gasteiger partial charge >= 0.3 is 0 Å². The van der Waals surface area contributed by atoms with Crippen LogP contribution in [-0.4, -0.2) is 19.9 Å². The molecule has 64 heavy (non-hydrogen) atoms. The van der Waals surface area contributed by atoms with E-state index in [1.807, 2.05) is 0 Å². The fraction of sp³-hybridized carbons (Fsp3) is 0. The van der Waals surface area contributed by atoms with Crippen molar-refractivity contribution in [1.29, 1.82) is 0 Å². The Hall–Kier alpha value is -8.60. The molecule has 4 heteroatoms. The highest BCUT2D eigenvalue weighted by Crippen LogP contribution is 2.38. The molecule has 0 bridgehead atoms. The maximum Gasteiger partial charge on any atom is 0.0978 e. The van der Waals surface area contributed by atoms with Gasteiger partial charge in [0.1, 0.15) is 0 Å². The van der Waals surface area contributed by atoms with Crippen molar-refractivity contribution < 1.29 is 0 Å². The monoisotopic (exact) mass is 812 g/mol. The Bertz CT molecular complexity index is 4020. The van der Waals surface area contributed by atoms with Crippen molar-refractivity contribution in [2.75, 3.05) is 0 Å². The van der Waals surface area contributed by atoms with Crippen LogP contribution in [0.5, 0.6) is 0 Å². The average Bonchev–Trinajstić information content (AvgIpc) is 3.37. The number of nitrogens with zero attached hydrogens (tertiary/aromatic N) is 4. The first-order chi connectivity index (χ1) is 31.6. The second kappa shape index (κ2) is 14.5. The molecule has 0 saturated heterocycles. The molecule has 4 aromatic heterocycles. The summed E-state index contributed by atoms with van der Waals surface area (Å²) in [5.74, 6) is 0. The number of pyridine rings is 4. The van der Waals surface area contributed by atoms with Gasteiger partial charge in [-0.05, 0) is 85.9 Å². The summed E-state index contributed by atoms with van der Waals surface area (Å²) < 4.78 is 0. The molecule has 13 aromatic rings. The van der Waals surface area contributed by atoms with Gasteiger partial charge in [-0.2, -0.15) is 0 Å². The number of hydrogen-bond donors (Lipinski definition) is 0. The summed E-state index contributed by atoms with van der Waals surface area (Å²) in [4.78, 5) is 21.3. The summed E-state index contributed by atoms with van der Waals surface area (Å²) in [6.07, 6.45) is 0. The van der Waals surface area contributed by atoms with Crippen molar-refractivity contribution in [3.8, 4) is 56.2 Å². The highest BCUT2D eigenvalue weighted by Gasteiger charge is 2.16. The molecule has 4 heterocycles. The van der Waals surface area contributed by atoms with Crippen LogP contribution in [0.4, 0.5) is 0 Å². The number of benzene rings is 9. The largest absolute Gasteiger partial charge is 0.245 e. The van der Waals surface area contributed by atoms with E-state index in [1.165, 1.54) is 32.3 Å². The summed E-state index contributed by atoms with van der Waals surface area (Å²) in [6, 6.07) is 77.6.